The Morgan fingerprint density at radius 2 is 1.83 bits per heavy atom. The van der Waals surface area contributed by atoms with E-state index in [9.17, 15) is 21.6 Å². The maximum Gasteiger partial charge on any atom is 0.406 e. The van der Waals surface area contributed by atoms with Crippen LogP contribution in [0.3, 0.4) is 0 Å². The molecule has 1 heterocycles. The van der Waals surface area contributed by atoms with Crippen molar-refractivity contribution in [3.8, 4) is 17.6 Å². The van der Waals surface area contributed by atoms with Gasteiger partial charge in [-0.1, -0.05) is 18.9 Å². The molecule has 0 saturated carbocycles. The number of ether oxygens (including phenoxy) is 1. The zero-order valence-electron chi connectivity index (χ0n) is 19.8. The SMILES string of the molecule is CCCNc1cccc2c1cc(C#CCNc1ccc(S(C)(=O)=O)cc1OCC)n2CC(F)(F)F. The molecule has 1 aromatic heterocycles. The Kier molecular flexibility index (Phi) is 8.22. The lowest BCUT2D eigenvalue weighted by Gasteiger charge is -2.12. The van der Waals surface area contributed by atoms with Crippen LogP contribution in [0, 0.1) is 11.8 Å². The first-order valence-corrected chi connectivity index (χ1v) is 13.0. The van der Waals surface area contributed by atoms with Crippen molar-refractivity contribution >= 4 is 32.1 Å². The first-order chi connectivity index (χ1) is 16.5. The fraction of sp³-hybridized carbons (Fsp3) is 0.360. The van der Waals surface area contributed by atoms with Crippen LogP contribution in [0.15, 0.2) is 47.4 Å². The molecule has 2 aromatic carbocycles. The molecule has 0 saturated heterocycles. The Morgan fingerprint density at radius 3 is 2.49 bits per heavy atom. The molecule has 0 radical (unpaired) electrons. The van der Waals surface area contributed by atoms with Crippen LogP contribution in [0.2, 0.25) is 0 Å². The van der Waals surface area contributed by atoms with Crippen LogP contribution in [-0.2, 0) is 16.4 Å². The number of hydrogen-bond donors (Lipinski definition) is 2. The number of hydrogen-bond acceptors (Lipinski definition) is 5. The van der Waals surface area contributed by atoms with E-state index in [1.807, 2.05) is 13.0 Å². The molecule has 3 aromatic rings. The Morgan fingerprint density at radius 1 is 1.06 bits per heavy atom. The molecule has 0 atom stereocenters. The number of halogens is 3. The van der Waals surface area contributed by atoms with Crippen LogP contribution in [-0.4, -0.2) is 45.1 Å². The Labute approximate surface area is 203 Å². The lowest BCUT2D eigenvalue weighted by molar-refractivity contribution is -0.140. The Bertz CT molecular complexity index is 1350. The molecule has 0 amide bonds. The maximum absolute atomic E-state index is 13.3. The van der Waals surface area contributed by atoms with E-state index in [0.717, 1.165) is 18.4 Å². The fourth-order valence-electron chi connectivity index (χ4n) is 3.58. The molecule has 0 aliphatic carbocycles. The van der Waals surface area contributed by atoms with Gasteiger partial charge in [-0.2, -0.15) is 13.2 Å². The second kappa shape index (κ2) is 11.0. The molecule has 0 bridgehead atoms. The molecule has 188 valence electrons. The highest BCUT2D eigenvalue weighted by molar-refractivity contribution is 7.90. The van der Waals surface area contributed by atoms with E-state index in [4.69, 9.17) is 4.74 Å². The summed E-state index contributed by atoms with van der Waals surface area (Å²) in [4.78, 5) is 0.127. The van der Waals surface area contributed by atoms with Crippen molar-refractivity contribution < 1.29 is 26.3 Å². The smallest absolute Gasteiger partial charge is 0.406 e. The van der Waals surface area contributed by atoms with E-state index in [2.05, 4.69) is 22.5 Å². The third-order valence-corrected chi connectivity index (χ3v) is 6.22. The van der Waals surface area contributed by atoms with E-state index in [-0.39, 0.29) is 17.1 Å². The molecule has 0 spiro atoms. The van der Waals surface area contributed by atoms with Crippen molar-refractivity contribution in [2.75, 3.05) is 36.6 Å². The van der Waals surface area contributed by atoms with Crippen LogP contribution in [0.5, 0.6) is 5.75 Å². The summed E-state index contributed by atoms with van der Waals surface area (Å²) < 4.78 is 70.3. The van der Waals surface area contributed by atoms with Gasteiger partial charge in [-0.15, -0.1) is 0 Å². The van der Waals surface area contributed by atoms with Gasteiger partial charge in [0.1, 0.15) is 12.3 Å². The van der Waals surface area contributed by atoms with E-state index in [0.29, 0.717) is 35.5 Å². The number of aromatic nitrogens is 1. The number of fused-ring (bicyclic) bond motifs is 1. The predicted octanol–water partition coefficient (Wildman–Crippen LogP) is 5.29. The first-order valence-electron chi connectivity index (χ1n) is 11.2. The minimum atomic E-state index is -4.40. The lowest BCUT2D eigenvalue weighted by Crippen LogP contribution is -2.18. The Hall–Kier alpha value is -3.32. The highest BCUT2D eigenvalue weighted by atomic mass is 32.2. The molecular weight excluding hydrogens is 479 g/mol. The van der Waals surface area contributed by atoms with E-state index >= 15 is 0 Å². The van der Waals surface area contributed by atoms with Gasteiger partial charge < -0.3 is 19.9 Å². The van der Waals surface area contributed by atoms with Gasteiger partial charge in [0.05, 0.1) is 34.9 Å². The number of alkyl halides is 3. The predicted molar refractivity (Wildman–Crippen MR) is 133 cm³/mol. The van der Waals surface area contributed by atoms with Gasteiger partial charge >= 0.3 is 6.18 Å². The van der Waals surface area contributed by atoms with E-state index in [1.165, 1.54) is 16.7 Å². The number of nitrogens with one attached hydrogen (secondary N) is 2. The van der Waals surface area contributed by atoms with Gasteiger partial charge in [-0.3, -0.25) is 0 Å². The van der Waals surface area contributed by atoms with Crippen LogP contribution in [0.1, 0.15) is 26.0 Å². The summed E-state index contributed by atoms with van der Waals surface area (Å²) in [5.74, 6) is 6.08. The Balaban J connectivity index is 1.90. The van der Waals surface area contributed by atoms with Crippen LogP contribution in [0.4, 0.5) is 24.5 Å². The molecule has 0 aliphatic heterocycles. The normalized spacial score (nSPS) is 11.7. The zero-order valence-corrected chi connectivity index (χ0v) is 20.6. The lowest BCUT2D eigenvalue weighted by atomic mass is 10.2. The van der Waals surface area contributed by atoms with Gasteiger partial charge in [-0.05, 0) is 49.6 Å². The summed E-state index contributed by atoms with van der Waals surface area (Å²) >= 11 is 0. The van der Waals surface area contributed by atoms with Crippen molar-refractivity contribution in [2.45, 2.75) is 37.9 Å². The van der Waals surface area contributed by atoms with Crippen molar-refractivity contribution in [1.82, 2.24) is 4.57 Å². The van der Waals surface area contributed by atoms with Crippen molar-refractivity contribution in [2.24, 2.45) is 0 Å². The van der Waals surface area contributed by atoms with E-state index in [1.54, 1.807) is 31.2 Å². The van der Waals surface area contributed by atoms with Crippen LogP contribution < -0.4 is 15.4 Å². The number of anilines is 2. The molecule has 3 rings (SSSR count). The summed E-state index contributed by atoms with van der Waals surface area (Å²) in [6, 6.07) is 11.3. The van der Waals surface area contributed by atoms with Gasteiger partial charge in [0.15, 0.2) is 9.84 Å². The van der Waals surface area contributed by atoms with Gasteiger partial charge in [0, 0.05) is 29.9 Å². The van der Waals surface area contributed by atoms with Gasteiger partial charge in [0.25, 0.3) is 0 Å². The minimum absolute atomic E-state index is 0.118. The molecule has 0 unspecified atom stereocenters. The third-order valence-electron chi connectivity index (χ3n) is 5.11. The molecule has 6 nitrogen and oxygen atoms in total. The molecule has 10 heteroatoms. The second-order valence-corrected chi connectivity index (χ2v) is 9.93. The fourth-order valence-corrected chi connectivity index (χ4v) is 4.22. The summed E-state index contributed by atoms with van der Waals surface area (Å²) in [7, 11) is -3.40. The van der Waals surface area contributed by atoms with Crippen molar-refractivity contribution in [3.05, 3.63) is 48.2 Å². The zero-order chi connectivity index (χ0) is 25.6. The average molecular weight is 508 g/mol. The highest BCUT2D eigenvalue weighted by Gasteiger charge is 2.29. The van der Waals surface area contributed by atoms with Gasteiger partial charge in [0.2, 0.25) is 0 Å². The first kappa shape index (κ1) is 26.3. The number of sulfone groups is 1. The standard InChI is InChI=1S/C25H28F3N3O3S/c1-4-13-29-21-9-6-10-23-20(21)15-18(31(23)17-25(26,27)28)8-7-14-30-22-12-11-19(35(3,32)33)16-24(22)34-5-2/h6,9-12,15-16,29-30H,4-5,13-14,17H2,1-3H3. The van der Waals surface area contributed by atoms with Crippen LogP contribution in [0.25, 0.3) is 10.9 Å². The summed E-state index contributed by atoms with van der Waals surface area (Å²) in [6.45, 7) is 3.80. The second-order valence-electron chi connectivity index (χ2n) is 7.91. The summed E-state index contributed by atoms with van der Waals surface area (Å²) in [5, 5.41) is 6.98. The summed E-state index contributed by atoms with van der Waals surface area (Å²) in [5.41, 5.74) is 2.01. The molecule has 35 heavy (non-hydrogen) atoms. The average Bonchev–Trinajstić information content (AvgIpc) is 3.12. The molecule has 0 aliphatic rings. The number of rotatable bonds is 9. The molecular formula is C25H28F3N3O3S. The van der Waals surface area contributed by atoms with E-state index < -0.39 is 22.6 Å². The minimum Gasteiger partial charge on any atom is -0.492 e. The monoisotopic (exact) mass is 507 g/mol. The number of nitrogens with zero attached hydrogens (tertiary/aromatic N) is 1. The maximum atomic E-state index is 13.3. The molecule has 2 N–H and O–H groups in total. The van der Waals surface area contributed by atoms with Gasteiger partial charge in [-0.25, -0.2) is 8.42 Å². The van der Waals surface area contributed by atoms with Crippen LogP contribution >= 0.6 is 0 Å². The molecule has 0 fully saturated rings. The topological polar surface area (TPSA) is 72.4 Å². The third kappa shape index (κ3) is 6.85. The highest BCUT2D eigenvalue weighted by Crippen LogP contribution is 2.30. The quantitative estimate of drug-likeness (QED) is 0.385. The summed E-state index contributed by atoms with van der Waals surface area (Å²) in [6.07, 6.45) is -2.41. The van der Waals surface area contributed by atoms with Crippen molar-refractivity contribution in [3.63, 3.8) is 0 Å². The number of benzene rings is 2. The largest absolute Gasteiger partial charge is 0.492 e. The van der Waals surface area contributed by atoms with Crippen molar-refractivity contribution in [1.29, 1.82) is 0 Å².